The molecule has 0 aliphatic carbocycles. The zero-order valence-corrected chi connectivity index (χ0v) is 17.2. The van der Waals surface area contributed by atoms with E-state index in [2.05, 4.69) is 5.32 Å². The maximum absolute atomic E-state index is 14.4. The van der Waals surface area contributed by atoms with E-state index in [1.54, 1.807) is 12.1 Å². The van der Waals surface area contributed by atoms with Gasteiger partial charge >= 0.3 is 0 Å². The van der Waals surface area contributed by atoms with Crippen molar-refractivity contribution in [1.29, 1.82) is 0 Å². The summed E-state index contributed by atoms with van der Waals surface area (Å²) >= 11 is 6.26. The minimum absolute atomic E-state index is 0.101. The lowest BCUT2D eigenvalue weighted by atomic mass is 10.1. The lowest BCUT2D eigenvalue weighted by Crippen LogP contribution is -2.30. The molecule has 6 heteroatoms. The number of benzene rings is 3. The summed E-state index contributed by atoms with van der Waals surface area (Å²) in [6, 6.07) is 21.5. The summed E-state index contributed by atoms with van der Waals surface area (Å²) in [5.74, 6) is 0.181. The van der Waals surface area contributed by atoms with Crippen LogP contribution in [0.15, 0.2) is 72.8 Å². The first-order valence-corrected chi connectivity index (χ1v) is 10.1. The first-order chi connectivity index (χ1) is 14.5. The summed E-state index contributed by atoms with van der Waals surface area (Å²) in [7, 11) is 0. The summed E-state index contributed by atoms with van der Waals surface area (Å²) in [5.41, 5.74) is 2.97. The molecular weight excluding hydrogens is 401 g/mol. The van der Waals surface area contributed by atoms with Crippen LogP contribution in [0.5, 0.6) is 0 Å². The largest absolute Gasteiger partial charge is 0.346 e. The Morgan fingerprint density at radius 3 is 2.57 bits per heavy atom. The predicted molar refractivity (Wildman–Crippen MR) is 117 cm³/mol. The lowest BCUT2D eigenvalue weighted by Gasteiger charge is -2.17. The summed E-state index contributed by atoms with van der Waals surface area (Å²) in [6.45, 7) is 2.10. The molecule has 4 aromatic rings. The van der Waals surface area contributed by atoms with Crippen LogP contribution in [-0.2, 0) is 17.8 Å². The van der Waals surface area contributed by atoms with E-state index in [4.69, 9.17) is 16.6 Å². The number of para-hydroxylation sites is 2. The number of carbonyl (C=O) groups excluding carboxylic acids is 1. The fourth-order valence-electron chi connectivity index (χ4n) is 3.57. The van der Waals surface area contributed by atoms with Crippen LogP contribution < -0.4 is 5.32 Å². The molecule has 1 N–H and O–H groups in total. The molecule has 4 rings (SSSR count). The Kier molecular flexibility index (Phi) is 5.81. The zero-order chi connectivity index (χ0) is 21.1. The van der Waals surface area contributed by atoms with Gasteiger partial charge in [0.05, 0.1) is 30.0 Å². The van der Waals surface area contributed by atoms with E-state index in [1.165, 1.54) is 6.07 Å². The second kappa shape index (κ2) is 8.67. The Balaban J connectivity index is 1.65. The maximum Gasteiger partial charge on any atom is 0.224 e. The number of nitrogens with zero attached hydrogens (tertiary/aromatic N) is 2. The third-order valence-electron chi connectivity index (χ3n) is 5.03. The highest BCUT2D eigenvalue weighted by Crippen LogP contribution is 2.26. The average molecular weight is 422 g/mol. The second-order valence-electron chi connectivity index (χ2n) is 7.20. The smallest absolute Gasteiger partial charge is 0.224 e. The van der Waals surface area contributed by atoms with E-state index in [9.17, 15) is 9.18 Å². The van der Waals surface area contributed by atoms with Crippen LogP contribution in [0.25, 0.3) is 11.0 Å². The topological polar surface area (TPSA) is 46.9 Å². The highest BCUT2D eigenvalue weighted by atomic mass is 35.5. The zero-order valence-electron chi connectivity index (χ0n) is 16.5. The van der Waals surface area contributed by atoms with Gasteiger partial charge in [0, 0.05) is 10.6 Å². The van der Waals surface area contributed by atoms with Crippen molar-refractivity contribution in [2.45, 2.75) is 25.9 Å². The van der Waals surface area contributed by atoms with Gasteiger partial charge in [0.2, 0.25) is 5.91 Å². The highest BCUT2D eigenvalue weighted by molar-refractivity contribution is 6.31. The van der Waals surface area contributed by atoms with E-state index in [0.717, 1.165) is 16.6 Å². The Labute approximate surface area is 179 Å². The van der Waals surface area contributed by atoms with Crippen LogP contribution in [0.1, 0.15) is 29.9 Å². The number of hydrogen-bond donors (Lipinski definition) is 1. The molecule has 0 aliphatic rings. The number of fused-ring (bicyclic) bond motifs is 1. The van der Waals surface area contributed by atoms with Gasteiger partial charge in [-0.25, -0.2) is 9.37 Å². The van der Waals surface area contributed by atoms with Crippen LogP contribution >= 0.6 is 11.6 Å². The van der Waals surface area contributed by atoms with Gasteiger partial charge in [-0.15, -0.1) is 0 Å². The molecule has 0 unspecified atom stereocenters. The van der Waals surface area contributed by atoms with Crippen LogP contribution in [-0.4, -0.2) is 15.5 Å². The van der Waals surface area contributed by atoms with Gasteiger partial charge in [0.15, 0.2) is 0 Å². The molecule has 3 aromatic carbocycles. The number of aromatic nitrogens is 2. The number of carbonyl (C=O) groups is 1. The van der Waals surface area contributed by atoms with Gasteiger partial charge in [-0.2, -0.15) is 0 Å². The highest BCUT2D eigenvalue weighted by Gasteiger charge is 2.20. The van der Waals surface area contributed by atoms with Gasteiger partial charge in [-0.1, -0.05) is 60.1 Å². The molecule has 1 atom stereocenters. The third-order valence-corrected chi connectivity index (χ3v) is 5.39. The minimum atomic E-state index is -0.369. The number of rotatable bonds is 6. The van der Waals surface area contributed by atoms with Crippen LogP contribution in [0.4, 0.5) is 4.39 Å². The SMILES string of the molecule is C[C@H](NC(=O)Cc1ccccc1)c1nc2ccccc2n1Cc1c(F)cccc1Cl. The molecule has 0 saturated heterocycles. The van der Waals surface area contributed by atoms with Crippen LogP contribution in [0.3, 0.4) is 0 Å². The van der Waals surface area contributed by atoms with Gasteiger partial charge in [-0.05, 0) is 36.8 Å². The number of imidazole rings is 1. The minimum Gasteiger partial charge on any atom is -0.346 e. The molecule has 0 bridgehead atoms. The molecule has 0 fully saturated rings. The molecular formula is C24H21ClFN3O. The van der Waals surface area contributed by atoms with Crippen molar-refractivity contribution in [1.82, 2.24) is 14.9 Å². The average Bonchev–Trinajstić information content (AvgIpc) is 3.10. The Morgan fingerprint density at radius 1 is 1.07 bits per heavy atom. The van der Waals surface area contributed by atoms with E-state index in [0.29, 0.717) is 16.4 Å². The molecule has 152 valence electrons. The molecule has 4 nitrogen and oxygen atoms in total. The Hall–Kier alpha value is -3.18. The number of hydrogen-bond acceptors (Lipinski definition) is 2. The maximum atomic E-state index is 14.4. The fourth-order valence-corrected chi connectivity index (χ4v) is 3.79. The molecule has 1 heterocycles. The van der Waals surface area contributed by atoms with E-state index >= 15 is 0 Å². The summed E-state index contributed by atoms with van der Waals surface area (Å²) in [6.07, 6.45) is 0.282. The van der Waals surface area contributed by atoms with E-state index in [-0.39, 0.29) is 30.7 Å². The van der Waals surface area contributed by atoms with Crippen LogP contribution in [0.2, 0.25) is 5.02 Å². The molecule has 0 spiro atoms. The lowest BCUT2D eigenvalue weighted by molar-refractivity contribution is -0.121. The summed E-state index contributed by atoms with van der Waals surface area (Å²) in [4.78, 5) is 17.3. The summed E-state index contributed by atoms with van der Waals surface area (Å²) < 4.78 is 16.3. The van der Waals surface area contributed by atoms with Crippen molar-refractivity contribution < 1.29 is 9.18 Å². The van der Waals surface area contributed by atoms with Gasteiger partial charge in [-0.3, -0.25) is 4.79 Å². The molecule has 30 heavy (non-hydrogen) atoms. The van der Waals surface area contributed by atoms with Crippen molar-refractivity contribution >= 4 is 28.5 Å². The normalized spacial score (nSPS) is 12.1. The fraction of sp³-hybridized carbons (Fsp3) is 0.167. The Bertz CT molecular complexity index is 1170. The Morgan fingerprint density at radius 2 is 1.80 bits per heavy atom. The number of amides is 1. The van der Waals surface area contributed by atoms with Gasteiger partial charge in [0.25, 0.3) is 0 Å². The first-order valence-electron chi connectivity index (χ1n) is 9.74. The molecule has 0 radical (unpaired) electrons. The predicted octanol–water partition coefficient (Wildman–Crippen LogP) is 5.30. The van der Waals surface area contributed by atoms with Crippen LogP contribution in [0, 0.1) is 5.82 Å². The molecule has 1 aromatic heterocycles. The molecule has 1 amide bonds. The number of halogens is 2. The van der Waals surface area contributed by atoms with Crippen molar-refractivity contribution in [2.24, 2.45) is 0 Å². The van der Waals surface area contributed by atoms with Crippen molar-refractivity contribution in [2.75, 3.05) is 0 Å². The monoisotopic (exact) mass is 421 g/mol. The third kappa shape index (κ3) is 4.21. The van der Waals surface area contributed by atoms with E-state index in [1.807, 2.05) is 66.1 Å². The molecule has 0 aliphatic heterocycles. The number of nitrogens with one attached hydrogen (secondary N) is 1. The summed E-state index contributed by atoms with van der Waals surface area (Å²) in [5, 5.41) is 3.37. The molecule has 0 saturated carbocycles. The quantitative estimate of drug-likeness (QED) is 0.459. The van der Waals surface area contributed by atoms with Crippen molar-refractivity contribution in [3.63, 3.8) is 0 Å². The standard InChI is InChI=1S/C24H21ClFN3O/c1-16(27-23(30)14-17-8-3-2-4-9-17)24-28-21-12-5-6-13-22(21)29(24)15-18-19(25)10-7-11-20(18)26/h2-13,16H,14-15H2,1H3,(H,27,30)/t16-/m0/s1. The first kappa shape index (κ1) is 20.1. The van der Waals surface area contributed by atoms with Gasteiger partial charge in [0.1, 0.15) is 11.6 Å². The van der Waals surface area contributed by atoms with Crippen molar-refractivity contribution in [3.8, 4) is 0 Å². The van der Waals surface area contributed by atoms with Crippen molar-refractivity contribution in [3.05, 3.63) is 101 Å². The van der Waals surface area contributed by atoms with E-state index < -0.39 is 0 Å². The second-order valence-corrected chi connectivity index (χ2v) is 7.60. The van der Waals surface area contributed by atoms with Gasteiger partial charge < -0.3 is 9.88 Å².